The highest BCUT2D eigenvalue weighted by Crippen LogP contribution is 2.36. The first kappa shape index (κ1) is 22.8. The molecule has 4 rings (SSSR count). The maximum absolute atomic E-state index is 13.1. The molecule has 4 N–H and O–H groups in total. The zero-order valence-corrected chi connectivity index (χ0v) is 18.0. The lowest BCUT2D eigenvalue weighted by atomic mass is 9.90. The van der Waals surface area contributed by atoms with E-state index < -0.39 is 42.4 Å². The van der Waals surface area contributed by atoms with Crippen LogP contribution in [-0.4, -0.2) is 55.8 Å². The van der Waals surface area contributed by atoms with Gasteiger partial charge >= 0.3 is 5.97 Å². The molecule has 3 aromatic rings. The van der Waals surface area contributed by atoms with Gasteiger partial charge in [0.2, 0.25) is 5.95 Å². The Morgan fingerprint density at radius 3 is 2.56 bits per heavy atom. The molecule has 7 nitrogen and oxygen atoms in total. The summed E-state index contributed by atoms with van der Waals surface area (Å²) in [4.78, 5) is 16.9. The first-order valence-electron chi connectivity index (χ1n) is 9.66. The zero-order valence-electron chi connectivity index (χ0n) is 16.4. The lowest BCUT2D eigenvalue weighted by Gasteiger charge is -2.39. The van der Waals surface area contributed by atoms with Crippen molar-refractivity contribution in [1.82, 2.24) is 4.98 Å². The highest BCUT2D eigenvalue weighted by Gasteiger charge is 2.47. The highest BCUT2D eigenvalue weighted by molar-refractivity contribution is 7.15. The van der Waals surface area contributed by atoms with Gasteiger partial charge in [-0.15, -0.1) is 11.3 Å². The van der Waals surface area contributed by atoms with E-state index in [2.05, 4.69) is 4.98 Å². The second kappa shape index (κ2) is 9.22. The van der Waals surface area contributed by atoms with Gasteiger partial charge in [0.1, 0.15) is 24.4 Å². The molecule has 0 aliphatic carbocycles. The van der Waals surface area contributed by atoms with Crippen molar-refractivity contribution in [3.63, 3.8) is 0 Å². The number of hydrogen-bond acceptors (Lipinski definition) is 7. The van der Waals surface area contributed by atoms with Crippen LogP contribution >= 0.6 is 22.9 Å². The van der Waals surface area contributed by atoms with Crippen LogP contribution in [0.25, 0.3) is 10.4 Å². The number of benzene rings is 1. The van der Waals surface area contributed by atoms with Crippen LogP contribution < -0.4 is 0 Å². The lowest BCUT2D eigenvalue weighted by molar-refractivity contribution is -0.229. The summed E-state index contributed by atoms with van der Waals surface area (Å²) in [5.74, 6) is -1.99. The maximum atomic E-state index is 13.1. The molecule has 10 heteroatoms. The third-order valence-electron chi connectivity index (χ3n) is 5.29. The third-order valence-corrected chi connectivity index (χ3v) is 6.80. The fourth-order valence-electron chi connectivity index (χ4n) is 3.60. The van der Waals surface area contributed by atoms with E-state index in [4.69, 9.17) is 16.3 Å². The number of thiophene rings is 1. The van der Waals surface area contributed by atoms with Crippen LogP contribution in [0.2, 0.25) is 5.02 Å². The summed E-state index contributed by atoms with van der Waals surface area (Å²) in [6, 6.07) is 11.6. The summed E-state index contributed by atoms with van der Waals surface area (Å²) < 4.78 is 18.5. The second-order valence-corrected chi connectivity index (χ2v) is 9.03. The Hall–Kier alpha value is -2.40. The van der Waals surface area contributed by atoms with E-state index in [1.165, 1.54) is 23.6 Å². The average molecular weight is 480 g/mol. The standard InChI is InChI=1S/C22H19ClFNO6S/c23-14-4-1-10(20-18(27)17(26)19(28)21(31-20)22(29)30)7-12(14)8-13-3-5-15(32-13)11-2-6-16(24)25-9-11/h1-7,9,17-21,26-28H,8H2,(H,29,30)/t17-,18-,19+,20?,21+/m1/s1. The average Bonchev–Trinajstić information content (AvgIpc) is 3.23. The number of halogens is 2. The topological polar surface area (TPSA) is 120 Å². The predicted octanol–water partition coefficient (Wildman–Crippen LogP) is 2.80. The smallest absolute Gasteiger partial charge is 0.335 e. The van der Waals surface area contributed by atoms with Crippen molar-refractivity contribution >= 4 is 28.9 Å². The largest absolute Gasteiger partial charge is 0.479 e. The number of pyridine rings is 1. The normalized spacial score (nSPS) is 25.6. The summed E-state index contributed by atoms with van der Waals surface area (Å²) in [5, 5.41) is 40.1. The number of aliphatic hydroxyl groups is 3. The number of carbonyl (C=O) groups is 1. The molecule has 0 saturated carbocycles. The van der Waals surface area contributed by atoms with Gasteiger partial charge in [-0.3, -0.25) is 0 Å². The van der Waals surface area contributed by atoms with Gasteiger partial charge < -0.3 is 25.2 Å². The van der Waals surface area contributed by atoms with Gasteiger partial charge in [0.15, 0.2) is 6.10 Å². The Bertz CT molecular complexity index is 1120. The number of carboxylic acids is 1. The van der Waals surface area contributed by atoms with Crippen molar-refractivity contribution in [2.24, 2.45) is 0 Å². The van der Waals surface area contributed by atoms with Crippen molar-refractivity contribution in [3.8, 4) is 10.4 Å². The molecule has 1 unspecified atom stereocenters. The van der Waals surface area contributed by atoms with E-state index in [0.717, 1.165) is 15.3 Å². The number of aromatic nitrogens is 1. The summed E-state index contributed by atoms with van der Waals surface area (Å²) in [6.45, 7) is 0. The van der Waals surface area contributed by atoms with E-state index in [-0.39, 0.29) is 0 Å². The van der Waals surface area contributed by atoms with Crippen LogP contribution in [0.3, 0.4) is 0 Å². The summed E-state index contributed by atoms with van der Waals surface area (Å²) in [6.07, 6.45) is -5.89. The van der Waals surface area contributed by atoms with Crippen LogP contribution in [0, 0.1) is 5.95 Å². The molecule has 0 radical (unpaired) electrons. The molecule has 1 saturated heterocycles. The fourth-order valence-corrected chi connectivity index (χ4v) is 4.81. The van der Waals surface area contributed by atoms with Gasteiger partial charge in [-0.1, -0.05) is 23.7 Å². The second-order valence-electron chi connectivity index (χ2n) is 7.45. The third kappa shape index (κ3) is 4.54. The van der Waals surface area contributed by atoms with Gasteiger partial charge in [0.05, 0.1) is 0 Å². The maximum Gasteiger partial charge on any atom is 0.335 e. The summed E-state index contributed by atoms with van der Waals surface area (Å²) in [7, 11) is 0. The Kier molecular flexibility index (Phi) is 6.57. The number of rotatable bonds is 5. The Balaban J connectivity index is 1.58. The molecule has 2 aromatic heterocycles. The van der Waals surface area contributed by atoms with Gasteiger partial charge in [-0.2, -0.15) is 4.39 Å². The van der Waals surface area contributed by atoms with Crippen LogP contribution in [0.1, 0.15) is 22.1 Å². The summed E-state index contributed by atoms with van der Waals surface area (Å²) >= 11 is 7.85. The van der Waals surface area contributed by atoms with Crippen LogP contribution in [0.15, 0.2) is 48.7 Å². The van der Waals surface area contributed by atoms with Crippen LogP contribution in [-0.2, 0) is 16.0 Å². The van der Waals surface area contributed by atoms with Crippen molar-refractivity contribution in [3.05, 3.63) is 75.6 Å². The molecule has 0 amide bonds. The quantitative estimate of drug-likeness (QED) is 0.415. The first-order valence-corrected chi connectivity index (χ1v) is 10.9. The Morgan fingerprint density at radius 1 is 1.09 bits per heavy atom. The van der Waals surface area contributed by atoms with Gasteiger partial charge in [-0.25, -0.2) is 9.78 Å². The molecule has 1 aromatic carbocycles. The Labute approximate surface area is 191 Å². The molecular weight excluding hydrogens is 461 g/mol. The number of aliphatic hydroxyl groups excluding tert-OH is 3. The van der Waals surface area contributed by atoms with Crippen molar-refractivity contribution in [1.29, 1.82) is 0 Å². The molecule has 1 aliphatic rings. The van der Waals surface area contributed by atoms with Crippen molar-refractivity contribution in [2.45, 2.75) is 36.9 Å². The van der Waals surface area contributed by atoms with E-state index in [1.54, 1.807) is 24.3 Å². The van der Waals surface area contributed by atoms with Gasteiger partial charge in [0.25, 0.3) is 0 Å². The first-order chi connectivity index (χ1) is 15.2. The number of hydrogen-bond donors (Lipinski definition) is 4. The Morgan fingerprint density at radius 2 is 1.88 bits per heavy atom. The minimum absolute atomic E-state index is 0.425. The molecule has 5 atom stereocenters. The van der Waals surface area contributed by atoms with Gasteiger partial charge in [-0.05, 0) is 41.5 Å². The molecule has 1 aliphatic heterocycles. The SMILES string of the molecule is O=C(O)[C@H]1OC(c2ccc(Cl)c(Cc3ccc(-c4ccc(F)nc4)s3)c2)[C@H](O)[C@@H](O)[C@@H]1O. The van der Waals surface area contributed by atoms with E-state index in [1.807, 2.05) is 12.1 Å². The van der Waals surface area contributed by atoms with Crippen LogP contribution in [0.4, 0.5) is 4.39 Å². The summed E-state index contributed by atoms with van der Waals surface area (Å²) in [5.41, 5.74) is 1.92. The number of carboxylic acid groups (broad SMARTS) is 1. The molecule has 168 valence electrons. The number of ether oxygens (including phenoxy) is 1. The fraction of sp³-hybridized carbons (Fsp3) is 0.273. The minimum Gasteiger partial charge on any atom is -0.479 e. The minimum atomic E-state index is -1.75. The monoisotopic (exact) mass is 479 g/mol. The van der Waals surface area contributed by atoms with E-state index >= 15 is 0 Å². The predicted molar refractivity (Wildman–Crippen MR) is 115 cm³/mol. The molecule has 32 heavy (non-hydrogen) atoms. The van der Waals surface area contributed by atoms with Crippen molar-refractivity contribution in [2.75, 3.05) is 0 Å². The highest BCUT2D eigenvalue weighted by atomic mass is 35.5. The zero-order chi connectivity index (χ0) is 23.0. The number of aliphatic carboxylic acids is 1. The lowest BCUT2D eigenvalue weighted by Crippen LogP contribution is -2.56. The molecule has 3 heterocycles. The van der Waals surface area contributed by atoms with E-state index in [0.29, 0.717) is 22.6 Å². The molecular formula is C22H19ClFNO6S. The van der Waals surface area contributed by atoms with E-state index in [9.17, 15) is 29.6 Å². The molecule has 0 spiro atoms. The van der Waals surface area contributed by atoms with Crippen LogP contribution in [0.5, 0.6) is 0 Å². The van der Waals surface area contributed by atoms with Crippen molar-refractivity contribution < 1.29 is 34.3 Å². The van der Waals surface area contributed by atoms with Gasteiger partial charge in [0, 0.05) is 33.0 Å². The molecule has 1 fully saturated rings. The molecule has 0 bridgehead atoms. The number of nitrogens with zero attached hydrogens (tertiary/aromatic N) is 1.